The Morgan fingerprint density at radius 1 is 1.21 bits per heavy atom. The average molecular weight is 260 g/mol. The number of rotatable bonds is 2. The van der Waals surface area contributed by atoms with Crippen molar-refractivity contribution in [2.24, 2.45) is 0 Å². The zero-order chi connectivity index (χ0) is 14.2. The molecule has 0 fully saturated rings. The van der Waals surface area contributed by atoms with E-state index in [4.69, 9.17) is 5.11 Å². The highest BCUT2D eigenvalue weighted by atomic mass is 16.4. The van der Waals surface area contributed by atoms with Crippen molar-refractivity contribution in [2.75, 3.05) is 0 Å². The van der Waals surface area contributed by atoms with Crippen LogP contribution in [0.5, 0.6) is 5.75 Å². The Hall–Kier alpha value is -2.30. The van der Waals surface area contributed by atoms with Gasteiger partial charge in [0.05, 0.1) is 11.4 Å². The largest absolute Gasteiger partial charge is 0.508 e. The number of aromatic carboxylic acids is 1. The molecular formula is C14H16N2O3. The van der Waals surface area contributed by atoms with Crippen LogP contribution in [-0.4, -0.2) is 26.0 Å². The molecule has 0 unspecified atom stereocenters. The van der Waals surface area contributed by atoms with E-state index in [0.717, 1.165) is 11.4 Å². The maximum atomic E-state index is 11.1. The smallest absolute Gasteiger partial charge is 0.356 e. The summed E-state index contributed by atoms with van der Waals surface area (Å²) in [5.41, 5.74) is 1.29. The first kappa shape index (κ1) is 13.1. The van der Waals surface area contributed by atoms with Gasteiger partial charge in [-0.2, -0.15) is 5.10 Å². The molecule has 100 valence electrons. The molecule has 0 aliphatic rings. The number of phenols is 1. The molecule has 0 aliphatic carbocycles. The fourth-order valence-corrected chi connectivity index (χ4v) is 1.81. The lowest BCUT2D eigenvalue weighted by Crippen LogP contribution is -2.17. The van der Waals surface area contributed by atoms with Crippen LogP contribution in [0.2, 0.25) is 0 Å². The first-order valence-electron chi connectivity index (χ1n) is 5.92. The van der Waals surface area contributed by atoms with Crippen molar-refractivity contribution in [3.05, 3.63) is 41.7 Å². The van der Waals surface area contributed by atoms with Gasteiger partial charge >= 0.3 is 5.97 Å². The van der Waals surface area contributed by atoms with Crippen LogP contribution in [0.4, 0.5) is 0 Å². The molecule has 0 radical (unpaired) electrons. The molecule has 2 rings (SSSR count). The summed E-state index contributed by atoms with van der Waals surface area (Å²) in [6.45, 7) is 5.98. The quantitative estimate of drug-likeness (QED) is 0.870. The van der Waals surface area contributed by atoms with Gasteiger partial charge in [-0.05, 0) is 30.3 Å². The third-order valence-electron chi connectivity index (χ3n) is 2.79. The SMILES string of the molecule is CC(C)(C)c1cc(C(=O)O)nn1-c1ccc(O)cc1. The van der Waals surface area contributed by atoms with Crippen LogP contribution >= 0.6 is 0 Å². The predicted molar refractivity (Wildman–Crippen MR) is 70.9 cm³/mol. The molecule has 0 spiro atoms. The second kappa shape index (κ2) is 4.42. The lowest BCUT2D eigenvalue weighted by atomic mass is 9.91. The molecule has 0 amide bonds. The summed E-state index contributed by atoms with van der Waals surface area (Å²) in [5, 5.41) is 22.5. The normalized spacial score (nSPS) is 11.5. The number of aromatic hydroxyl groups is 1. The van der Waals surface area contributed by atoms with Gasteiger partial charge in [0.15, 0.2) is 5.69 Å². The maximum absolute atomic E-state index is 11.1. The van der Waals surface area contributed by atoms with Gasteiger partial charge in [0, 0.05) is 5.41 Å². The van der Waals surface area contributed by atoms with Crippen LogP contribution in [0.1, 0.15) is 37.0 Å². The number of carbonyl (C=O) groups is 1. The molecule has 5 nitrogen and oxygen atoms in total. The average Bonchev–Trinajstić information content (AvgIpc) is 2.74. The van der Waals surface area contributed by atoms with Crippen molar-refractivity contribution in [3.8, 4) is 11.4 Å². The summed E-state index contributed by atoms with van der Waals surface area (Å²) in [6.07, 6.45) is 0. The summed E-state index contributed by atoms with van der Waals surface area (Å²) in [4.78, 5) is 11.1. The fraction of sp³-hybridized carbons (Fsp3) is 0.286. The molecule has 1 aromatic carbocycles. The molecule has 1 heterocycles. The zero-order valence-corrected chi connectivity index (χ0v) is 11.1. The molecule has 0 atom stereocenters. The Kier molecular flexibility index (Phi) is 3.06. The number of hydrogen-bond acceptors (Lipinski definition) is 3. The van der Waals surface area contributed by atoms with Crippen molar-refractivity contribution in [2.45, 2.75) is 26.2 Å². The van der Waals surface area contributed by atoms with Crippen LogP contribution in [-0.2, 0) is 5.41 Å². The van der Waals surface area contributed by atoms with E-state index < -0.39 is 5.97 Å². The van der Waals surface area contributed by atoms with Crippen LogP contribution in [0.25, 0.3) is 5.69 Å². The Labute approximate surface area is 111 Å². The lowest BCUT2D eigenvalue weighted by molar-refractivity contribution is 0.0690. The minimum absolute atomic E-state index is 0.0120. The van der Waals surface area contributed by atoms with E-state index in [1.54, 1.807) is 35.0 Å². The van der Waals surface area contributed by atoms with E-state index in [-0.39, 0.29) is 16.9 Å². The van der Waals surface area contributed by atoms with Crippen molar-refractivity contribution in [3.63, 3.8) is 0 Å². The molecule has 2 aromatic rings. The van der Waals surface area contributed by atoms with Crippen molar-refractivity contribution in [1.29, 1.82) is 0 Å². The first-order chi connectivity index (χ1) is 8.79. The van der Waals surface area contributed by atoms with Gasteiger partial charge in [0.1, 0.15) is 5.75 Å². The van der Waals surface area contributed by atoms with Crippen LogP contribution in [0, 0.1) is 0 Å². The minimum Gasteiger partial charge on any atom is -0.508 e. The van der Waals surface area contributed by atoms with Gasteiger partial charge in [-0.1, -0.05) is 20.8 Å². The monoisotopic (exact) mass is 260 g/mol. The van der Waals surface area contributed by atoms with Gasteiger partial charge in [0.25, 0.3) is 0 Å². The third-order valence-corrected chi connectivity index (χ3v) is 2.79. The first-order valence-corrected chi connectivity index (χ1v) is 5.92. The number of carboxylic acids is 1. The maximum Gasteiger partial charge on any atom is 0.356 e. The topological polar surface area (TPSA) is 75.3 Å². The highest BCUT2D eigenvalue weighted by molar-refractivity contribution is 5.85. The summed E-state index contributed by atoms with van der Waals surface area (Å²) in [5.74, 6) is -0.894. The van der Waals surface area contributed by atoms with Gasteiger partial charge in [-0.15, -0.1) is 0 Å². The van der Waals surface area contributed by atoms with Crippen molar-refractivity contribution < 1.29 is 15.0 Å². The summed E-state index contributed by atoms with van der Waals surface area (Å²) in [6, 6.07) is 8.06. The predicted octanol–water partition coefficient (Wildman–Crippen LogP) is 2.57. The van der Waals surface area contributed by atoms with Crippen LogP contribution < -0.4 is 0 Å². The second-order valence-electron chi connectivity index (χ2n) is 5.40. The van der Waals surface area contributed by atoms with E-state index >= 15 is 0 Å². The number of phenolic OH excluding ortho intramolecular Hbond substituents is 1. The van der Waals surface area contributed by atoms with Crippen molar-refractivity contribution >= 4 is 5.97 Å². The Bertz CT molecular complexity index is 607. The number of nitrogens with zero attached hydrogens (tertiary/aromatic N) is 2. The van der Waals surface area contributed by atoms with Crippen LogP contribution in [0.15, 0.2) is 30.3 Å². The van der Waals surface area contributed by atoms with Crippen LogP contribution in [0.3, 0.4) is 0 Å². The summed E-state index contributed by atoms with van der Waals surface area (Å²) in [7, 11) is 0. The van der Waals surface area contributed by atoms with E-state index in [1.807, 2.05) is 20.8 Å². The molecule has 5 heteroatoms. The standard InChI is InChI=1S/C14H16N2O3/c1-14(2,3)12-8-11(13(18)19)15-16(12)9-4-6-10(17)7-5-9/h4-8,17H,1-3H3,(H,18,19). The molecule has 19 heavy (non-hydrogen) atoms. The third kappa shape index (κ3) is 2.59. The van der Waals surface area contributed by atoms with E-state index in [1.165, 1.54) is 0 Å². The molecular weight excluding hydrogens is 244 g/mol. The number of hydrogen-bond donors (Lipinski definition) is 2. The number of benzene rings is 1. The van der Waals surface area contributed by atoms with Gasteiger partial charge in [-0.25, -0.2) is 9.48 Å². The number of carboxylic acid groups (broad SMARTS) is 1. The Balaban J connectivity index is 2.61. The molecule has 2 N–H and O–H groups in total. The zero-order valence-electron chi connectivity index (χ0n) is 11.1. The highest BCUT2D eigenvalue weighted by Crippen LogP contribution is 2.26. The number of aromatic nitrogens is 2. The van der Waals surface area contributed by atoms with E-state index in [0.29, 0.717) is 0 Å². The highest BCUT2D eigenvalue weighted by Gasteiger charge is 2.23. The molecule has 1 aromatic heterocycles. The fourth-order valence-electron chi connectivity index (χ4n) is 1.81. The van der Waals surface area contributed by atoms with E-state index in [2.05, 4.69) is 5.10 Å². The molecule has 0 saturated carbocycles. The van der Waals surface area contributed by atoms with Gasteiger partial charge < -0.3 is 10.2 Å². The van der Waals surface area contributed by atoms with Gasteiger partial charge in [0.2, 0.25) is 0 Å². The second-order valence-corrected chi connectivity index (χ2v) is 5.40. The molecule has 0 saturated heterocycles. The summed E-state index contributed by atoms with van der Waals surface area (Å²) >= 11 is 0. The molecule has 0 bridgehead atoms. The van der Waals surface area contributed by atoms with Gasteiger partial charge in [-0.3, -0.25) is 0 Å². The Morgan fingerprint density at radius 2 is 1.79 bits per heavy atom. The Morgan fingerprint density at radius 3 is 2.26 bits per heavy atom. The minimum atomic E-state index is -1.05. The molecule has 0 aliphatic heterocycles. The van der Waals surface area contributed by atoms with Crippen molar-refractivity contribution in [1.82, 2.24) is 9.78 Å². The van der Waals surface area contributed by atoms with E-state index in [9.17, 15) is 9.90 Å². The lowest BCUT2D eigenvalue weighted by Gasteiger charge is -2.20. The summed E-state index contributed by atoms with van der Waals surface area (Å²) < 4.78 is 1.60.